The molecule has 0 radical (unpaired) electrons. The fraction of sp³-hybridized carbons (Fsp3) is 1.00. The molecule has 1 aliphatic carbocycles. The number of alkyl halides is 1. The lowest BCUT2D eigenvalue weighted by molar-refractivity contribution is 0.590. The molecule has 9 heavy (non-hydrogen) atoms. The first-order chi connectivity index (χ1) is 4.30. The van der Waals surface area contributed by atoms with Crippen LogP contribution in [0, 0.1) is 0 Å². The van der Waals surface area contributed by atoms with Crippen molar-refractivity contribution in [1.82, 2.24) is 0 Å². The van der Waals surface area contributed by atoms with Gasteiger partial charge in [-0.1, -0.05) is 19.3 Å². The molecule has 0 aromatic carbocycles. The minimum Gasteiger partial charge on any atom is -0.326 e. The lowest BCUT2D eigenvalue weighted by atomic mass is 10.1. The minimum atomic E-state index is 0.243. The number of hydrogen-bond acceptors (Lipinski definition) is 1. The van der Waals surface area contributed by atoms with Gasteiger partial charge in [-0.3, -0.25) is 0 Å². The van der Waals surface area contributed by atoms with Crippen molar-refractivity contribution in [3.8, 4) is 0 Å². The number of hydrogen-bond donors (Lipinski definition) is 1. The maximum absolute atomic E-state index is 5.95. The lowest BCUT2D eigenvalue weighted by Crippen LogP contribution is -2.29. The second-order valence-electron chi connectivity index (χ2n) is 2.82. The van der Waals surface area contributed by atoms with Crippen LogP contribution in [0.25, 0.3) is 0 Å². The Morgan fingerprint density at radius 1 is 1.11 bits per heavy atom. The molecule has 0 saturated heterocycles. The molecular weight excluding hydrogens is 134 g/mol. The van der Waals surface area contributed by atoms with Crippen molar-refractivity contribution in [2.24, 2.45) is 5.73 Å². The van der Waals surface area contributed by atoms with Gasteiger partial charge in [-0.15, -0.1) is 11.6 Å². The van der Waals surface area contributed by atoms with Gasteiger partial charge in [-0.05, 0) is 12.8 Å². The summed E-state index contributed by atoms with van der Waals surface area (Å²) >= 11 is 5.95. The van der Waals surface area contributed by atoms with Gasteiger partial charge in [0.15, 0.2) is 0 Å². The summed E-state index contributed by atoms with van der Waals surface area (Å²) in [6, 6.07) is 0.258. The highest BCUT2D eigenvalue weighted by Crippen LogP contribution is 2.20. The summed E-state index contributed by atoms with van der Waals surface area (Å²) in [6.45, 7) is 0. The van der Waals surface area contributed by atoms with Crippen LogP contribution >= 0.6 is 11.6 Å². The van der Waals surface area contributed by atoms with Crippen LogP contribution in [-0.2, 0) is 0 Å². The van der Waals surface area contributed by atoms with Gasteiger partial charge in [0.1, 0.15) is 0 Å². The third-order valence-electron chi connectivity index (χ3n) is 1.98. The maximum atomic E-state index is 5.95. The van der Waals surface area contributed by atoms with Crippen LogP contribution in [-0.4, -0.2) is 11.4 Å². The standard InChI is InChI=1S/C7H14ClN/c8-6-4-2-1-3-5-7(6)9/h6-7H,1-5,9H2. The Morgan fingerprint density at radius 2 is 1.78 bits per heavy atom. The van der Waals surface area contributed by atoms with E-state index in [1.807, 2.05) is 0 Å². The molecule has 0 aromatic heterocycles. The normalized spacial score (nSPS) is 38.0. The molecule has 0 spiro atoms. The van der Waals surface area contributed by atoms with Gasteiger partial charge in [-0.25, -0.2) is 0 Å². The fourth-order valence-electron chi connectivity index (χ4n) is 1.29. The molecule has 2 unspecified atom stereocenters. The van der Waals surface area contributed by atoms with Gasteiger partial charge in [0, 0.05) is 11.4 Å². The third kappa shape index (κ3) is 2.15. The van der Waals surface area contributed by atoms with Crippen molar-refractivity contribution in [3.63, 3.8) is 0 Å². The van der Waals surface area contributed by atoms with Crippen LogP contribution in [0.15, 0.2) is 0 Å². The van der Waals surface area contributed by atoms with E-state index in [9.17, 15) is 0 Å². The van der Waals surface area contributed by atoms with Gasteiger partial charge < -0.3 is 5.73 Å². The molecular formula is C7H14ClN. The number of nitrogens with two attached hydrogens (primary N) is 1. The molecule has 2 N–H and O–H groups in total. The second kappa shape index (κ2) is 3.43. The first-order valence-corrected chi connectivity index (χ1v) is 4.14. The van der Waals surface area contributed by atoms with Crippen LogP contribution in [0.2, 0.25) is 0 Å². The van der Waals surface area contributed by atoms with Crippen LogP contribution in [0.5, 0.6) is 0 Å². The van der Waals surface area contributed by atoms with E-state index in [4.69, 9.17) is 17.3 Å². The van der Waals surface area contributed by atoms with Crippen LogP contribution in [0.1, 0.15) is 32.1 Å². The van der Waals surface area contributed by atoms with Gasteiger partial charge in [-0.2, -0.15) is 0 Å². The Labute approximate surface area is 61.6 Å². The molecule has 0 heterocycles. The largest absolute Gasteiger partial charge is 0.326 e. The first kappa shape index (κ1) is 7.36. The Morgan fingerprint density at radius 3 is 2.56 bits per heavy atom. The summed E-state index contributed by atoms with van der Waals surface area (Å²) in [7, 11) is 0. The molecule has 0 aliphatic heterocycles. The SMILES string of the molecule is NC1CCCCCC1Cl. The Kier molecular flexibility index (Phi) is 2.80. The molecule has 0 aromatic rings. The summed E-state index contributed by atoms with van der Waals surface area (Å²) in [4.78, 5) is 0. The Balaban J connectivity index is 2.32. The molecule has 2 atom stereocenters. The molecule has 2 heteroatoms. The molecule has 1 saturated carbocycles. The zero-order chi connectivity index (χ0) is 6.69. The topological polar surface area (TPSA) is 26.0 Å². The summed E-state index contributed by atoms with van der Waals surface area (Å²) in [5.74, 6) is 0. The number of rotatable bonds is 0. The number of halogens is 1. The lowest BCUT2D eigenvalue weighted by Gasteiger charge is -2.12. The van der Waals surface area contributed by atoms with Crippen molar-refractivity contribution < 1.29 is 0 Å². The van der Waals surface area contributed by atoms with Gasteiger partial charge in [0.25, 0.3) is 0 Å². The predicted molar refractivity (Wildman–Crippen MR) is 40.7 cm³/mol. The summed E-state index contributed by atoms with van der Waals surface area (Å²) in [6.07, 6.45) is 6.08. The summed E-state index contributed by atoms with van der Waals surface area (Å²) in [5.41, 5.74) is 5.75. The van der Waals surface area contributed by atoms with E-state index in [1.54, 1.807) is 0 Å². The third-order valence-corrected chi connectivity index (χ3v) is 2.52. The minimum absolute atomic E-state index is 0.243. The highest BCUT2D eigenvalue weighted by molar-refractivity contribution is 6.21. The highest BCUT2D eigenvalue weighted by Gasteiger charge is 2.16. The zero-order valence-corrected chi connectivity index (χ0v) is 6.40. The maximum Gasteiger partial charge on any atom is 0.0487 e. The first-order valence-electron chi connectivity index (χ1n) is 3.70. The van der Waals surface area contributed by atoms with Crippen LogP contribution < -0.4 is 5.73 Å². The Hall–Kier alpha value is 0.250. The van der Waals surface area contributed by atoms with E-state index in [0.29, 0.717) is 0 Å². The molecule has 1 rings (SSSR count). The highest BCUT2D eigenvalue weighted by atomic mass is 35.5. The van der Waals surface area contributed by atoms with Crippen LogP contribution in [0.3, 0.4) is 0 Å². The van der Waals surface area contributed by atoms with Crippen LogP contribution in [0.4, 0.5) is 0 Å². The molecule has 1 fully saturated rings. The molecule has 1 nitrogen and oxygen atoms in total. The quantitative estimate of drug-likeness (QED) is 0.411. The van der Waals surface area contributed by atoms with Gasteiger partial charge >= 0.3 is 0 Å². The van der Waals surface area contributed by atoms with Gasteiger partial charge in [0.2, 0.25) is 0 Å². The van der Waals surface area contributed by atoms with E-state index in [0.717, 1.165) is 12.8 Å². The van der Waals surface area contributed by atoms with Crippen molar-refractivity contribution in [3.05, 3.63) is 0 Å². The van der Waals surface area contributed by atoms with Crippen molar-refractivity contribution in [2.45, 2.75) is 43.5 Å². The molecule has 54 valence electrons. The summed E-state index contributed by atoms with van der Waals surface area (Å²) in [5, 5.41) is 0.243. The summed E-state index contributed by atoms with van der Waals surface area (Å²) < 4.78 is 0. The van der Waals surface area contributed by atoms with Gasteiger partial charge in [0.05, 0.1) is 0 Å². The Bertz CT molecular complexity index is 75.0. The average Bonchev–Trinajstić information content (AvgIpc) is 1.99. The smallest absolute Gasteiger partial charge is 0.0487 e. The van der Waals surface area contributed by atoms with Crippen molar-refractivity contribution >= 4 is 11.6 Å². The fourth-order valence-corrected chi connectivity index (χ4v) is 1.57. The molecule has 0 bridgehead atoms. The second-order valence-corrected chi connectivity index (χ2v) is 3.38. The predicted octanol–water partition coefficient (Wildman–Crippen LogP) is 1.89. The zero-order valence-electron chi connectivity index (χ0n) is 5.65. The van der Waals surface area contributed by atoms with E-state index in [2.05, 4.69) is 0 Å². The van der Waals surface area contributed by atoms with Crippen molar-refractivity contribution in [2.75, 3.05) is 0 Å². The molecule has 1 aliphatic rings. The average molecular weight is 148 g/mol. The van der Waals surface area contributed by atoms with E-state index < -0.39 is 0 Å². The van der Waals surface area contributed by atoms with Crippen molar-refractivity contribution in [1.29, 1.82) is 0 Å². The van der Waals surface area contributed by atoms with E-state index >= 15 is 0 Å². The van der Waals surface area contributed by atoms with E-state index in [-0.39, 0.29) is 11.4 Å². The van der Waals surface area contributed by atoms with E-state index in [1.165, 1.54) is 19.3 Å². The monoisotopic (exact) mass is 147 g/mol. The molecule has 0 amide bonds.